The van der Waals surface area contributed by atoms with Crippen molar-refractivity contribution in [3.63, 3.8) is 0 Å². The highest BCUT2D eigenvalue weighted by Crippen LogP contribution is 2.66. The van der Waals surface area contributed by atoms with Gasteiger partial charge in [-0.15, -0.1) is 23.2 Å². The molecule has 4 amide bonds. The summed E-state index contributed by atoms with van der Waals surface area (Å²) in [5, 5.41) is 9.48. The number of fused-ring (bicyclic) bond motifs is 4. The van der Waals surface area contributed by atoms with Crippen molar-refractivity contribution in [2.75, 3.05) is 54.8 Å². The Hall–Kier alpha value is -2.96. The van der Waals surface area contributed by atoms with Gasteiger partial charge >= 0.3 is 0 Å². The Morgan fingerprint density at radius 2 is 1.63 bits per heavy atom. The maximum absolute atomic E-state index is 14.3. The Kier molecular flexibility index (Phi) is 8.20. The average molecular weight is 733 g/mol. The lowest BCUT2D eigenvalue weighted by Gasteiger charge is -2.51. The molecule has 5 aliphatic rings. The molecule has 2 aliphatic carbocycles. The highest BCUT2D eigenvalue weighted by atomic mass is 79.9. The Morgan fingerprint density at radius 3 is 2.33 bits per heavy atom. The van der Waals surface area contributed by atoms with Crippen LogP contribution >= 0.6 is 39.1 Å². The molecule has 0 spiro atoms. The van der Waals surface area contributed by atoms with Crippen LogP contribution in [-0.4, -0.2) is 88.4 Å². The molecule has 46 heavy (non-hydrogen) atoms. The van der Waals surface area contributed by atoms with Crippen LogP contribution in [0.4, 0.5) is 11.4 Å². The smallest absolute Gasteiger partial charge is 0.254 e. The summed E-state index contributed by atoms with van der Waals surface area (Å²) in [5.74, 6) is -4.69. The van der Waals surface area contributed by atoms with Crippen molar-refractivity contribution in [1.29, 1.82) is 0 Å². The Balaban J connectivity index is 1.30. The zero-order chi connectivity index (χ0) is 32.4. The number of aliphatic hydroxyl groups excluding tert-OH is 1. The summed E-state index contributed by atoms with van der Waals surface area (Å²) in [5.41, 5.74) is 2.53. The van der Waals surface area contributed by atoms with Crippen molar-refractivity contribution in [2.45, 2.75) is 28.5 Å². The van der Waals surface area contributed by atoms with Gasteiger partial charge in [-0.25, -0.2) is 0 Å². The number of carbonyl (C=O) groups excluding carboxylic acids is 4. The van der Waals surface area contributed by atoms with E-state index in [2.05, 4.69) is 20.8 Å². The summed E-state index contributed by atoms with van der Waals surface area (Å²) in [7, 11) is 0. The number of imide groups is 2. The number of allylic oxidation sites excluding steroid dienone is 2. The maximum atomic E-state index is 14.3. The molecule has 1 N–H and O–H groups in total. The van der Waals surface area contributed by atoms with E-state index in [4.69, 9.17) is 32.7 Å². The van der Waals surface area contributed by atoms with E-state index < -0.39 is 45.2 Å². The molecule has 3 aliphatic heterocycles. The van der Waals surface area contributed by atoms with Gasteiger partial charge in [0.2, 0.25) is 11.8 Å². The molecule has 10 nitrogen and oxygen atoms in total. The van der Waals surface area contributed by atoms with Crippen LogP contribution in [0.5, 0.6) is 5.75 Å². The van der Waals surface area contributed by atoms with Gasteiger partial charge in [0.25, 0.3) is 11.8 Å². The van der Waals surface area contributed by atoms with Crippen molar-refractivity contribution in [2.24, 2.45) is 17.8 Å². The van der Waals surface area contributed by atoms with Gasteiger partial charge in [-0.05, 0) is 49.1 Å². The van der Waals surface area contributed by atoms with Crippen LogP contribution in [0.15, 0.2) is 60.2 Å². The molecule has 2 aromatic rings. The first kappa shape index (κ1) is 31.6. The largest absolute Gasteiger partial charge is 0.491 e. The van der Waals surface area contributed by atoms with E-state index in [1.54, 1.807) is 36.4 Å². The van der Waals surface area contributed by atoms with Crippen molar-refractivity contribution in [3.05, 3.63) is 65.7 Å². The number of anilines is 2. The fourth-order valence-corrected chi connectivity index (χ4v) is 9.41. The third-order valence-corrected chi connectivity index (χ3v) is 12.0. The standard InChI is InChI=1S/C33H32BrCl2N3O7/c34-18-38-30(43)32(35)17-24-21(27(33(32,36)31(38)44)22-3-1-2-4-25(22)46-16-13-40)9-10-23-26(24)29(42)39(28(23)41)20-7-5-19(6-8-20)37-11-14-45-15-12-37/h1-9,23-24,26-27,40H,10-18H2. The molecule has 7 rings (SSSR count). The number of halogens is 3. The average Bonchev–Trinajstić information content (AvgIpc) is 3.41. The maximum Gasteiger partial charge on any atom is 0.254 e. The lowest BCUT2D eigenvalue weighted by Crippen LogP contribution is -2.60. The lowest BCUT2D eigenvalue weighted by molar-refractivity contribution is -0.138. The first-order valence-corrected chi connectivity index (χ1v) is 17.2. The predicted molar refractivity (Wildman–Crippen MR) is 174 cm³/mol. The van der Waals surface area contributed by atoms with Crippen LogP contribution in [-0.2, 0) is 23.9 Å². The molecule has 4 fully saturated rings. The number of para-hydroxylation sites is 1. The minimum atomic E-state index is -1.94. The number of ether oxygens (including phenoxy) is 2. The summed E-state index contributed by atoms with van der Waals surface area (Å²) in [6.45, 7) is 2.53. The number of alkyl halides is 3. The lowest BCUT2D eigenvalue weighted by atomic mass is 9.56. The first-order chi connectivity index (χ1) is 22.2. The van der Waals surface area contributed by atoms with Gasteiger partial charge in [-0.3, -0.25) is 29.0 Å². The molecule has 0 bridgehead atoms. The van der Waals surface area contributed by atoms with Gasteiger partial charge in [0.1, 0.15) is 12.4 Å². The molecule has 0 aromatic heterocycles. The summed E-state index contributed by atoms with van der Waals surface area (Å²) in [6.07, 6.45) is 2.05. The van der Waals surface area contributed by atoms with Crippen LogP contribution < -0.4 is 14.5 Å². The summed E-state index contributed by atoms with van der Waals surface area (Å²) >= 11 is 17.9. The molecule has 2 aromatic carbocycles. The molecule has 6 unspecified atom stereocenters. The second-order valence-electron chi connectivity index (χ2n) is 12.2. The zero-order valence-electron chi connectivity index (χ0n) is 24.7. The number of amides is 4. The van der Waals surface area contributed by atoms with Gasteiger partial charge in [-0.2, -0.15) is 0 Å². The number of morpholine rings is 1. The molecular formula is C33H32BrCl2N3O7. The Bertz CT molecular complexity index is 1630. The molecule has 3 heterocycles. The Labute approximate surface area is 284 Å². The second kappa shape index (κ2) is 11.9. The van der Waals surface area contributed by atoms with E-state index >= 15 is 0 Å². The van der Waals surface area contributed by atoms with E-state index in [0.29, 0.717) is 35.8 Å². The van der Waals surface area contributed by atoms with E-state index in [0.717, 1.165) is 23.7 Å². The number of nitrogens with zero attached hydrogens (tertiary/aromatic N) is 3. The molecule has 13 heteroatoms. The molecule has 1 saturated carbocycles. The predicted octanol–water partition coefficient (Wildman–Crippen LogP) is 3.81. The minimum Gasteiger partial charge on any atom is -0.491 e. The highest BCUT2D eigenvalue weighted by molar-refractivity contribution is 9.09. The van der Waals surface area contributed by atoms with Crippen LogP contribution in [0.25, 0.3) is 0 Å². The number of benzene rings is 2. The van der Waals surface area contributed by atoms with Crippen LogP contribution in [0.3, 0.4) is 0 Å². The van der Waals surface area contributed by atoms with E-state index in [9.17, 15) is 24.3 Å². The summed E-state index contributed by atoms with van der Waals surface area (Å²) < 4.78 is 11.3. The number of carbonyl (C=O) groups is 4. The monoisotopic (exact) mass is 731 g/mol. The minimum absolute atomic E-state index is 0.00904. The normalized spacial score (nSPS) is 32.3. The first-order valence-electron chi connectivity index (χ1n) is 15.3. The number of aliphatic hydroxyl groups is 1. The molecule has 242 valence electrons. The number of hydrogen-bond acceptors (Lipinski definition) is 8. The zero-order valence-corrected chi connectivity index (χ0v) is 27.8. The summed E-state index contributed by atoms with van der Waals surface area (Å²) in [4.78, 5) is 56.8. The Morgan fingerprint density at radius 1 is 0.935 bits per heavy atom. The van der Waals surface area contributed by atoms with E-state index in [-0.39, 0.29) is 43.3 Å². The SMILES string of the molecule is O=C1C2CC=C3C(CC4(Cl)C(=O)N(CBr)C(=O)C4(Cl)C3c3ccccc3OCCO)C2C(=O)N1c1ccc(N2CCOCC2)cc1. The van der Waals surface area contributed by atoms with E-state index in [1.165, 1.54) is 4.90 Å². The van der Waals surface area contributed by atoms with Crippen LogP contribution in [0, 0.1) is 17.8 Å². The number of likely N-dealkylation sites (tertiary alicyclic amines) is 1. The van der Waals surface area contributed by atoms with Gasteiger partial charge in [0, 0.05) is 30.3 Å². The number of rotatable bonds is 7. The fourth-order valence-electron chi connectivity index (χ4n) is 7.99. The summed E-state index contributed by atoms with van der Waals surface area (Å²) in [6, 6.07) is 14.3. The van der Waals surface area contributed by atoms with Gasteiger partial charge < -0.3 is 19.5 Å². The van der Waals surface area contributed by atoms with Gasteiger partial charge in [0.15, 0.2) is 9.75 Å². The quantitative estimate of drug-likeness (QED) is 0.198. The van der Waals surface area contributed by atoms with Crippen molar-refractivity contribution < 1.29 is 33.8 Å². The molecule has 3 saturated heterocycles. The molecule has 0 radical (unpaired) electrons. The highest BCUT2D eigenvalue weighted by Gasteiger charge is 2.76. The van der Waals surface area contributed by atoms with Crippen molar-refractivity contribution >= 4 is 74.1 Å². The second-order valence-corrected chi connectivity index (χ2v) is 14.0. The third kappa shape index (κ3) is 4.49. The fraction of sp³-hybridized carbons (Fsp3) is 0.455. The molecular weight excluding hydrogens is 701 g/mol. The van der Waals surface area contributed by atoms with Crippen LogP contribution in [0.1, 0.15) is 24.3 Å². The van der Waals surface area contributed by atoms with Gasteiger partial charge in [-0.1, -0.05) is 45.8 Å². The van der Waals surface area contributed by atoms with Gasteiger partial charge in [0.05, 0.1) is 42.8 Å². The van der Waals surface area contributed by atoms with Crippen molar-refractivity contribution in [1.82, 2.24) is 4.90 Å². The number of hydrogen-bond donors (Lipinski definition) is 1. The van der Waals surface area contributed by atoms with Crippen LogP contribution in [0.2, 0.25) is 0 Å². The van der Waals surface area contributed by atoms with E-state index in [1.807, 2.05) is 18.2 Å². The third-order valence-electron chi connectivity index (χ3n) is 10.1. The molecule has 6 atom stereocenters. The topological polar surface area (TPSA) is 117 Å². The van der Waals surface area contributed by atoms with Crippen molar-refractivity contribution in [3.8, 4) is 5.75 Å².